The molecule has 0 spiro atoms. The number of carboxylic acid groups (broad SMARTS) is 3. The molecule has 0 bridgehead atoms. The zero-order valence-electron chi connectivity index (χ0n) is 33.4. The Labute approximate surface area is 371 Å². The molecule has 4 N–H and O–H groups in total. The van der Waals surface area contributed by atoms with Crippen LogP contribution in [0.3, 0.4) is 0 Å². The second kappa shape index (κ2) is 39.7. The third-order valence-corrected chi connectivity index (χ3v) is 7.12. The summed E-state index contributed by atoms with van der Waals surface area (Å²) in [5.41, 5.74) is 0. The van der Waals surface area contributed by atoms with Crippen LogP contribution >= 0.6 is 0 Å². The predicted octanol–water partition coefficient (Wildman–Crippen LogP) is -8.25. The number of nitrogens with one attached hydrogen (secondary N) is 4. The number of rotatable bonds is 40. The first-order valence-electron chi connectivity index (χ1n) is 18.5. The van der Waals surface area contributed by atoms with Gasteiger partial charge in [-0.1, -0.05) is 0 Å². The molecule has 4 amide bonds. The number of hydrogen-bond donors (Lipinski definition) is 4. The fourth-order valence-corrected chi connectivity index (χ4v) is 4.54. The minimum atomic E-state index is -1.46. The third-order valence-electron chi connectivity index (χ3n) is 7.12. The average Bonchev–Trinajstić information content (AvgIpc) is 3.12. The number of amides is 4. The van der Waals surface area contributed by atoms with Crippen LogP contribution in [0.4, 0.5) is 0 Å². The molecular weight excluding hydrogens is 920 g/mol. The molecule has 0 fully saturated rings. The van der Waals surface area contributed by atoms with Gasteiger partial charge in [0.05, 0.1) is 110 Å². The van der Waals surface area contributed by atoms with Gasteiger partial charge in [-0.2, -0.15) is 0 Å². The molecule has 58 heavy (non-hydrogen) atoms. The number of nitrogens with zero attached hydrogens (tertiary/aromatic N) is 3. The van der Waals surface area contributed by atoms with Gasteiger partial charge in [0.1, 0.15) is 0 Å². The molecule has 0 heterocycles. The van der Waals surface area contributed by atoms with Crippen molar-refractivity contribution < 1.29 is 117 Å². The first kappa shape index (κ1) is 57.3. The Bertz CT molecular complexity index is 1080. The van der Waals surface area contributed by atoms with E-state index in [9.17, 15) is 48.9 Å². The fourth-order valence-electron chi connectivity index (χ4n) is 4.54. The van der Waals surface area contributed by atoms with Gasteiger partial charge in [-0.15, -0.1) is 0 Å². The Morgan fingerprint density at radius 1 is 0.379 bits per heavy atom. The zero-order valence-corrected chi connectivity index (χ0v) is 35.7. The molecule has 0 aliphatic carbocycles. The van der Waals surface area contributed by atoms with E-state index in [4.69, 9.17) is 28.4 Å². The monoisotopic (exact) mass is 980 g/mol. The van der Waals surface area contributed by atoms with Gasteiger partial charge in [0, 0.05) is 85.8 Å². The van der Waals surface area contributed by atoms with Crippen LogP contribution in [0.5, 0.6) is 0 Å². The maximum Gasteiger partial charge on any atom is 3.00 e. The summed E-state index contributed by atoms with van der Waals surface area (Å²) in [5, 5.41) is 44.6. The summed E-state index contributed by atoms with van der Waals surface area (Å²) in [7, 11) is 0. The van der Waals surface area contributed by atoms with E-state index in [-0.39, 0.29) is 131 Å². The van der Waals surface area contributed by atoms with E-state index in [1.807, 2.05) is 0 Å². The summed E-state index contributed by atoms with van der Waals surface area (Å²) in [5.74, 6) is -5.66. The van der Waals surface area contributed by atoms with Crippen LogP contribution in [0.1, 0.15) is 13.8 Å². The minimum Gasteiger partial charge on any atom is -0.549 e. The molecular formula is C34H60GdN7O16. The molecule has 0 aromatic heterocycles. The average molecular weight is 980 g/mol. The van der Waals surface area contributed by atoms with Crippen molar-refractivity contribution in [3.05, 3.63) is 0 Å². The molecule has 0 unspecified atom stereocenters. The van der Waals surface area contributed by atoms with Crippen molar-refractivity contribution in [1.82, 2.24) is 36.0 Å². The van der Waals surface area contributed by atoms with Crippen molar-refractivity contribution >= 4 is 41.5 Å². The summed E-state index contributed by atoms with van der Waals surface area (Å²) in [6, 6.07) is 0. The van der Waals surface area contributed by atoms with Crippen molar-refractivity contribution in [3.8, 4) is 0 Å². The van der Waals surface area contributed by atoms with Crippen LogP contribution in [-0.2, 0) is 62.0 Å². The van der Waals surface area contributed by atoms with E-state index >= 15 is 0 Å². The quantitative estimate of drug-likeness (QED) is 0.0415. The molecule has 0 atom stereocenters. The largest absolute Gasteiger partial charge is 3.00 e. The molecule has 335 valence electrons. The van der Waals surface area contributed by atoms with Crippen LogP contribution in [0.25, 0.3) is 0 Å². The van der Waals surface area contributed by atoms with Gasteiger partial charge in [-0.3, -0.25) is 33.9 Å². The molecule has 0 rings (SSSR count). The summed E-state index contributed by atoms with van der Waals surface area (Å²) in [4.78, 5) is 84.5. The summed E-state index contributed by atoms with van der Waals surface area (Å²) in [6.45, 7) is 4.68. The van der Waals surface area contributed by atoms with Gasteiger partial charge in [0.25, 0.3) is 0 Å². The smallest absolute Gasteiger partial charge is 0.549 e. The summed E-state index contributed by atoms with van der Waals surface area (Å²) < 4.78 is 32.1. The number of carbonyl (C=O) groups is 7. The zero-order chi connectivity index (χ0) is 42.5. The Morgan fingerprint density at radius 2 is 0.621 bits per heavy atom. The Kier molecular flexibility index (Phi) is 39.3. The van der Waals surface area contributed by atoms with E-state index in [1.54, 1.807) is 0 Å². The molecule has 0 saturated carbocycles. The first-order chi connectivity index (χ1) is 27.3. The van der Waals surface area contributed by atoms with E-state index in [0.717, 1.165) is 0 Å². The van der Waals surface area contributed by atoms with Crippen LogP contribution in [0.2, 0.25) is 0 Å². The maximum absolute atomic E-state index is 12.5. The number of ether oxygens (including phenoxy) is 6. The Balaban J connectivity index is 0. The molecule has 0 aliphatic heterocycles. The second-order valence-electron chi connectivity index (χ2n) is 12.2. The van der Waals surface area contributed by atoms with Gasteiger partial charge >= 0.3 is 39.9 Å². The Morgan fingerprint density at radius 3 is 0.897 bits per heavy atom. The standard InChI is InChI=1S/C34H63N7O16.Gd/c1-28(42)35-3-11-52-15-19-56-21-17-54-13-5-37-30(44)23-40(26-33(48)49)9-7-39(25-32(46)47)8-10-41(27-34(50)51)24-31(45)38-6-14-55-18-22-57-20-16-53-12-4-36-29(2)43;/h3-27H2,1-2H3,(H,35,42)(H,36,43)(H,37,44)(H,38,45)(H,46,47)(H,48,49)(H,50,51);/q;+3/p-3. The van der Waals surface area contributed by atoms with E-state index in [1.165, 1.54) is 28.5 Å². The fraction of sp³-hybridized carbons (Fsp3) is 0.794. The van der Waals surface area contributed by atoms with E-state index in [0.29, 0.717) is 65.9 Å². The number of aliphatic carboxylic acids is 3. The number of carbonyl (C=O) groups excluding carboxylic acids is 7. The van der Waals surface area contributed by atoms with Crippen LogP contribution in [0.15, 0.2) is 0 Å². The van der Waals surface area contributed by atoms with Gasteiger partial charge < -0.3 is 79.4 Å². The van der Waals surface area contributed by atoms with Crippen molar-refractivity contribution in [3.63, 3.8) is 0 Å². The number of carboxylic acids is 3. The van der Waals surface area contributed by atoms with Crippen molar-refractivity contribution in [1.29, 1.82) is 0 Å². The Hall–Kier alpha value is -2.75. The van der Waals surface area contributed by atoms with Gasteiger partial charge in [0.15, 0.2) is 0 Å². The van der Waals surface area contributed by atoms with Gasteiger partial charge in [0.2, 0.25) is 23.6 Å². The van der Waals surface area contributed by atoms with E-state index < -0.39 is 49.4 Å². The van der Waals surface area contributed by atoms with Crippen molar-refractivity contribution in [2.24, 2.45) is 0 Å². The maximum atomic E-state index is 12.5. The molecule has 0 saturated heterocycles. The molecule has 0 aromatic carbocycles. The molecule has 0 aliphatic rings. The van der Waals surface area contributed by atoms with Crippen LogP contribution < -0.4 is 36.6 Å². The summed E-state index contributed by atoms with van der Waals surface area (Å²) in [6.07, 6.45) is 0. The molecule has 23 nitrogen and oxygen atoms in total. The van der Waals surface area contributed by atoms with Gasteiger partial charge in [-0.05, 0) is 0 Å². The van der Waals surface area contributed by atoms with Crippen LogP contribution in [-0.4, -0.2) is 221 Å². The third kappa shape index (κ3) is 41.4. The summed E-state index contributed by atoms with van der Waals surface area (Å²) >= 11 is 0. The van der Waals surface area contributed by atoms with Gasteiger partial charge in [-0.25, -0.2) is 0 Å². The molecule has 24 heteroatoms. The molecule has 0 aromatic rings. The normalized spacial score (nSPS) is 11.0. The first-order valence-corrected chi connectivity index (χ1v) is 18.5. The predicted molar refractivity (Wildman–Crippen MR) is 193 cm³/mol. The van der Waals surface area contributed by atoms with Crippen LogP contribution in [0, 0.1) is 39.9 Å². The minimum absolute atomic E-state index is 0. The van der Waals surface area contributed by atoms with Crippen molar-refractivity contribution in [2.45, 2.75) is 13.8 Å². The second-order valence-corrected chi connectivity index (χ2v) is 12.2. The molecule has 1 radical (unpaired) electrons. The number of hydrogen-bond acceptors (Lipinski definition) is 19. The van der Waals surface area contributed by atoms with Crippen molar-refractivity contribution in [2.75, 3.05) is 164 Å². The topological polar surface area (TPSA) is 302 Å². The van der Waals surface area contributed by atoms with E-state index in [2.05, 4.69) is 21.3 Å². The SMILES string of the molecule is CC(=O)NCCOCCOCCOCCNC(=O)CN(CCN(CCN(CC(=O)[O-])CC(=O)NCCOCCOCCOCCNC(C)=O)CC(=O)[O-])CC(=O)[O-].[Gd+3].